The van der Waals surface area contributed by atoms with E-state index in [1.54, 1.807) is 29.8 Å². The minimum absolute atomic E-state index is 0.660. The number of fused-ring (bicyclic) bond motifs is 2. The van der Waals surface area contributed by atoms with Crippen molar-refractivity contribution in [2.24, 2.45) is 0 Å². The van der Waals surface area contributed by atoms with Gasteiger partial charge in [0.25, 0.3) is 0 Å². The number of aromatic nitrogens is 4. The van der Waals surface area contributed by atoms with Crippen molar-refractivity contribution in [2.75, 3.05) is 0 Å². The van der Waals surface area contributed by atoms with Gasteiger partial charge in [-0.3, -0.25) is 9.97 Å². The van der Waals surface area contributed by atoms with Gasteiger partial charge in [-0.15, -0.1) is 11.3 Å². The number of nitrogens with zero attached hydrogens (tertiary/aromatic N) is 3. The van der Waals surface area contributed by atoms with Crippen LogP contribution in [0.15, 0.2) is 78.7 Å². The van der Waals surface area contributed by atoms with E-state index in [1.807, 2.05) is 66.3 Å². The van der Waals surface area contributed by atoms with Crippen molar-refractivity contribution in [1.82, 2.24) is 19.9 Å². The molecule has 0 saturated heterocycles. The van der Waals surface area contributed by atoms with E-state index in [-0.39, 0.29) is 0 Å². The molecular formula is C24H16N4OS. The summed E-state index contributed by atoms with van der Waals surface area (Å²) in [6.07, 6.45) is 11.0. The van der Waals surface area contributed by atoms with Gasteiger partial charge >= 0.3 is 0 Å². The first-order valence-electron chi connectivity index (χ1n) is 9.57. The Kier molecular flexibility index (Phi) is 3.71. The standard InChI is InChI=1S/C24H16N4OS/c29-24(8-6-15-4-2-9-26-22(15)24)17-5-1-3-16(11-17)21-14-30-23(28-21)19-13-27-20-7-10-25-12-18(19)20/h1-14,27,29H/t24-/m0/s1. The summed E-state index contributed by atoms with van der Waals surface area (Å²) < 4.78 is 0. The third kappa shape index (κ3) is 2.55. The molecular weight excluding hydrogens is 392 g/mol. The Labute approximate surface area is 176 Å². The molecule has 6 rings (SSSR count). The zero-order valence-corrected chi connectivity index (χ0v) is 16.6. The highest BCUT2D eigenvalue weighted by molar-refractivity contribution is 7.13. The molecule has 1 aliphatic carbocycles. The predicted molar refractivity (Wildman–Crippen MR) is 119 cm³/mol. The second-order valence-electron chi connectivity index (χ2n) is 7.28. The van der Waals surface area contributed by atoms with Gasteiger partial charge in [0.2, 0.25) is 0 Å². The topological polar surface area (TPSA) is 74.7 Å². The van der Waals surface area contributed by atoms with E-state index in [9.17, 15) is 5.11 Å². The van der Waals surface area contributed by atoms with Crippen LogP contribution in [0.1, 0.15) is 16.8 Å². The molecule has 0 aliphatic heterocycles. The normalized spacial score (nSPS) is 17.5. The fourth-order valence-corrected chi connectivity index (χ4v) is 4.84. The van der Waals surface area contributed by atoms with Crippen LogP contribution in [0.4, 0.5) is 0 Å². The van der Waals surface area contributed by atoms with Gasteiger partial charge in [0.05, 0.1) is 11.4 Å². The van der Waals surface area contributed by atoms with E-state index < -0.39 is 5.60 Å². The van der Waals surface area contributed by atoms with Crippen LogP contribution in [0.3, 0.4) is 0 Å². The van der Waals surface area contributed by atoms with Crippen LogP contribution in [0.5, 0.6) is 0 Å². The Morgan fingerprint density at radius 3 is 3.00 bits per heavy atom. The average Bonchev–Trinajstić information content (AvgIpc) is 3.52. The third-order valence-electron chi connectivity index (χ3n) is 5.52. The molecule has 4 heterocycles. The van der Waals surface area contributed by atoms with Gasteiger partial charge in [-0.05, 0) is 35.4 Å². The number of benzene rings is 1. The summed E-state index contributed by atoms with van der Waals surface area (Å²) in [5, 5.41) is 15.4. The molecule has 0 saturated carbocycles. The third-order valence-corrected chi connectivity index (χ3v) is 6.40. The molecule has 0 spiro atoms. The van der Waals surface area contributed by atoms with Crippen LogP contribution in [-0.4, -0.2) is 25.0 Å². The number of nitrogens with one attached hydrogen (secondary N) is 1. The molecule has 1 aromatic carbocycles. The molecule has 0 amide bonds. The monoisotopic (exact) mass is 408 g/mol. The first kappa shape index (κ1) is 17.3. The number of aliphatic hydroxyl groups is 1. The molecule has 5 aromatic rings. The molecule has 4 aromatic heterocycles. The zero-order chi connectivity index (χ0) is 20.1. The second-order valence-corrected chi connectivity index (χ2v) is 8.14. The van der Waals surface area contributed by atoms with Crippen LogP contribution in [-0.2, 0) is 5.60 Å². The van der Waals surface area contributed by atoms with Crippen molar-refractivity contribution < 1.29 is 5.11 Å². The number of H-pyrrole nitrogens is 1. The molecule has 30 heavy (non-hydrogen) atoms. The Balaban J connectivity index is 1.40. The van der Waals surface area contributed by atoms with E-state index in [0.29, 0.717) is 5.69 Å². The molecule has 0 unspecified atom stereocenters. The lowest BCUT2D eigenvalue weighted by molar-refractivity contribution is 0.133. The summed E-state index contributed by atoms with van der Waals surface area (Å²) in [4.78, 5) is 16.8. The summed E-state index contributed by atoms with van der Waals surface area (Å²) in [6, 6.07) is 13.7. The van der Waals surface area contributed by atoms with Gasteiger partial charge in [0, 0.05) is 52.2 Å². The smallest absolute Gasteiger partial charge is 0.151 e. The maximum absolute atomic E-state index is 11.4. The van der Waals surface area contributed by atoms with Crippen LogP contribution in [0, 0.1) is 0 Å². The average molecular weight is 408 g/mol. The number of aromatic amines is 1. The quantitative estimate of drug-likeness (QED) is 0.440. The molecule has 144 valence electrons. The fraction of sp³-hybridized carbons (Fsp3) is 0.0417. The number of hydrogen-bond donors (Lipinski definition) is 2. The van der Waals surface area contributed by atoms with Crippen molar-refractivity contribution in [1.29, 1.82) is 0 Å². The summed E-state index contributed by atoms with van der Waals surface area (Å²) in [5.74, 6) is 0. The molecule has 2 N–H and O–H groups in total. The van der Waals surface area contributed by atoms with Crippen molar-refractivity contribution in [3.05, 3.63) is 95.5 Å². The molecule has 1 atom stereocenters. The van der Waals surface area contributed by atoms with Crippen molar-refractivity contribution >= 4 is 28.3 Å². The summed E-state index contributed by atoms with van der Waals surface area (Å²) in [6.45, 7) is 0. The Morgan fingerprint density at radius 2 is 2.03 bits per heavy atom. The highest BCUT2D eigenvalue weighted by Crippen LogP contribution is 2.39. The van der Waals surface area contributed by atoms with Gasteiger partial charge in [-0.2, -0.15) is 0 Å². The number of thiazole rings is 1. The Morgan fingerprint density at radius 1 is 1.07 bits per heavy atom. The summed E-state index contributed by atoms with van der Waals surface area (Å²) >= 11 is 1.60. The molecule has 1 aliphatic rings. The molecule has 6 heteroatoms. The number of rotatable bonds is 3. The van der Waals surface area contributed by atoms with E-state index in [0.717, 1.165) is 43.9 Å². The van der Waals surface area contributed by atoms with Gasteiger partial charge in [-0.25, -0.2) is 4.98 Å². The largest absolute Gasteiger partial charge is 0.375 e. The predicted octanol–water partition coefficient (Wildman–Crippen LogP) is 5.01. The minimum Gasteiger partial charge on any atom is -0.375 e. The highest BCUT2D eigenvalue weighted by Gasteiger charge is 2.36. The van der Waals surface area contributed by atoms with Crippen LogP contribution in [0.2, 0.25) is 0 Å². The van der Waals surface area contributed by atoms with E-state index in [1.165, 1.54) is 0 Å². The summed E-state index contributed by atoms with van der Waals surface area (Å²) in [5.41, 5.74) is 5.07. The SMILES string of the molecule is O[C@]1(c2cccc(-c3csc(-c4c[nH]c5ccncc45)n3)c2)C=Cc2cccnc21. The maximum atomic E-state index is 11.4. The van der Waals surface area contributed by atoms with Gasteiger partial charge in [0.15, 0.2) is 5.60 Å². The van der Waals surface area contributed by atoms with Crippen molar-refractivity contribution in [3.63, 3.8) is 0 Å². The Bertz CT molecular complexity index is 1430. The van der Waals surface area contributed by atoms with E-state index in [2.05, 4.69) is 15.0 Å². The van der Waals surface area contributed by atoms with Crippen LogP contribution >= 0.6 is 11.3 Å². The lowest BCUT2D eigenvalue weighted by Gasteiger charge is -2.22. The molecule has 0 fully saturated rings. The maximum Gasteiger partial charge on any atom is 0.151 e. The van der Waals surface area contributed by atoms with Crippen molar-refractivity contribution in [2.45, 2.75) is 5.60 Å². The Hall–Kier alpha value is -3.61. The zero-order valence-electron chi connectivity index (χ0n) is 15.8. The first-order valence-corrected chi connectivity index (χ1v) is 10.5. The minimum atomic E-state index is -1.23. The highest BCUT2D eigenvalue weighted by atomic mass is 32.1. The van der Waals surface area contributed by atoms with E-state index >= 15 is 0 Å². The van der Waals surface area contributed by atoms with Gasteiger partial charge < -0.3 is 10.1 Å². The molecule has 0 radical (unpaired) electrons. The number of hydrogen-bond acceptors (Lipinski definition) is 5. The lowest BCUT2D eigenvalue weighted by Crippen LogP contribution is -2.24. The molecule has 5 nitrogen and oxygen atoms in total. The molecule has 0 bridgehead atoms. The first-order chi connectivity index (χ1) is 14.7. The van der Waals surface area contributed by atoms with Crippen LogP contribution in [0.25, 0.3) is 38.8 Å². The second kappa shape index (κ2) is 6.45. The van der Waals surface area contributed by atoms with Gasteiger partial charge in [-0.1, -0.05) is 30.3 Å². The van der Waals surface area contributed by atoms with E-state index in [4.69, 9.17) is 4.98 Å². The van der Waals surface area contributed by atoms with Crippen LogP contribution < -0.4 is 0 Å². The number of pyridine rings is 2. The lowest BCUT2D eigenvalue weighted by atomic mass is 9.90. The van der Waals surface area contributed by atoms with Crippen molar-refractivity contribution in [3.8, 4) is 21.8 Å². The summed E-state index contributed by atoms with van der Waals surface area (Å²) in [7, 11) is 0. The fourth-order valence-electron chi connectivity index (χ4n) is 3.98. The van der Waals surface area contributed by atoms with Gasteiger partial charge in [0.1, 0.15) is 5.01 Å².